The number of rotatable bonds is 8. The molecule has 0 bridgehead atoms. The number of nitrogens with zero attached hydrogens (tertiary/aromatic N) is 1. The summed E-state index contributed by atoms with van der Waals surface area (Å²) in [5.41, 5.74) is -0.702. The summed E-state index contributed by atoms with van der Waals surface area (Å²) in [6, 6.07) is 5.38. The molecule has 0 amide bonds. The zero-order valence-corrected chi connectivity index (χ0v) is 15.3. The number of likely N-dealkylation sites (N-methyl/N-ethyl adjacent to an activating group) is 1. The zero-order valence-electron chi connectivity index (χ0n) is 14.5. The Balaban J connectivity index is 2.05. The van der Waals surface area contributed by atoms with Gasteiger partial charge in [0.15, 0.2) is 5.41 Å². The van der Waals surface area contributed by atoms with Gasteiger partial charge in [0.25, 0.3) is 0 Å². The van der Waals surface area contributed by atoms with Gasteiger partial charge in [0.1, 0.15) is 0 Å². The lowest BCUT2D eigenvalue weighted by atomic mass is 9.77. The number of hydrogen-bond acceptors (Lipinski definition) is 3. The Hall–Kier alpha value is -1.49. The summed E-state index contributed by atoms with van der Waals surface area (Å²) in [6.45, 7) is 0. The Kier molecular flexibility index (Phi) is 7.16. The first kappa shape index (κ1) is 18.8. The van der Waals surface area contributed by atoms with Crippen LogP contribution in [0.4, 0.5) is 0 Å². The van der Waals surface area contributed by atoms with E-state index in [1.54, 1.807) is 25.4 Å². The van der Waals surface area contributed by atoms with Crippen LogP contribution in [0.25, 0.3) is 0 Å². The summed E-state index contributed by atoms with van der Waals surface area (Å²) in [4.78, 5) is 16.8. The minimum Gasteiger partial charge on any atom is -0.480 e. The predicted octanol–water partition coefficient (Wildman–Crippen LogP) is 4.09. The molecule has 0 spiro atoms. The van der Waals surface area contributed by atoms with Crippen LogP contribution in [0, 0.1) is 5.92 Å². The molecule has 1 aliphatic rings. The van der Waals surface area contributed by atoms with Gasteiger partial charge in [0.2, 0.25) is 0 Å². The van der Waals surface area contributed by atoms with Crippen molar-refractivity contribution in [2.75, 3.05) is 7.05 Å². The van der Waals surface area contributed by atoms with Gasteiger partial charge in [-0.1, -0.05) is 69.7 Å². The van der Waals surface area contributed by atoms with Gasteiger partial charge in [-0.05, 0) is 24.5 Å². The molecule has 5 heteroatoms. The molecule has 2 rings (SSSR count). The number of aromatic nitrogens is 1. The highest BCUT2D eigenvalue weighted by molar-refractivity contribution is 7.80. The minimum absolute atomic E-state index is 0.339. The third-order valence-corrected chi connectivity index (χ3v) is 5.77. The van der Waals surface area contributed by atoms with Gasteiger partial charge >= 0.3 is 5.97 Å². The lowest BCUT2D eigenvalue weighted by Crippen LogP contribution is -2.48. The second kappa shape index (κ2) is 9.11. The summed E-state index contributed by atoms with van der Waals surface area (Å²) >= 11 is 5.39. The SMILES string of the molecule is CNC(=S)C(CCCCC1CCCCC1)(C(=O)O)c1ccccn1. The summed E-state index contributed by atoms with van der Waals surface area (Å²) in [5, 5.41) is 12.8. The molecule has 1 fully saturated rings. The van der Waals surface area contributed by atoms with Crippen molar-refractivity contribution in [3.63, 3.8) is 0 Å². The molecule has 1 aromatic heterocycles. The largest absolute Gasteiger partial charge is 0.480 e. The lowest BCUT2D eigenvalue weighted by Gasteiger charge is -2.30. The highest BCUT2D eigenvalue weighted by Crippen LogP contribution is 2.33. The van der Waals surface area contributed by atoms with Gasteiger partial charge in [-0.3, -0.25) is 9.78 Å². The highest BCUT2D eigenvalue weighted by atomic mass is 32.1. The zero-order chi connectivity index (χ0) is 17.4. The Labute approximate surface area is 150 Å². The number of aliphatic carboxylic acids is 1. The normalized spacial score (nSPS) is 17.9. The van der Waals surface area contributed by atoms with E-state index in [2.05, 4.69) is 10.3 Å². The molecule has 0 radical (unpaired) electrons. The molecule has 0 saturated heterocycles. The predicted molar refractivity (Wildman–Crippen MR) is 100 cm³/mol. The Morgan fingerprint density at radius 2 is 2.08 bits per heavy atom. The van der Waals surface area contributed by atoms with E-state index in [1.807, 2.05) is 6.07 Å². The summed E-state index contributed by atoms with van der Waals surface area (Å²) < 4.78 is 0. The van der Waals surface area contributed by atoms with Gasteiger partial charge in [0, 0.05) is 13.2 Å². The van der Waals surface area contributed by atoms with Crippen LogP contribution in [0.15, 0.2) is 24.4 Å². The second-order valence-electron chi connectivity index (χ2n) is 6.75. The molecule has 4 nitrogen and oxygen atoms in total. The van der Waals surface area contributed by atoms with E-state index in [0.29, 0.717) is 17.1 Å². The van der Waals surface area contributed by atoms with E-state index in [0.717, 1.165) is 18.8 Å². The number of nitrogens with one attached hydrogen (secondary N) is 1. The van der Waals surface area contributed by atoms with Gasteiger partial charge in [0.05, 0.1) is 10.7 Å². The summed E-state index contributed by atoms with van der Waals surface area (Å²) in [7, 11) is 1.69. The van der Waals surface area contributed by atoms with Gasteiger partial charge in [-0.2, -0.15) is 0 Å². The first-order chi connectivity index (χ1) is 11.6. The van der Waals surface area contributed by atoms with Crippen LogP contribution in [-0.4, -0.2) is 28.1 Å². The smallest absolute Gasteiger partial charge is 0.322 e. The molecular weight excluding hydrogens is 320 g/mol. The molecule has 1 aromatic rings. The number of carboxylic acids is 1. The van der Waals surface area contributed by atoms with Crippen molar-refractivity contribution in [3.05, 3.63) is 30.1 Å². The van der Waals surface area contributed by atoms with Crippen molar-refractivity contribution >= 4 is 23.2 Å². The Morgan fingerprint density at radius 1 is 1.33 bits per heavy atom. The quantitative estimate of drug-likeness (QED) is 0.547. The average molecular weight is 349 g/mol. The minimum atomic E-state index is -1.22. The maximum Gasteiger partial charge on any atom is 0.322 e. The molecule has 1 atom stereocenters. The summed E-state index contributed by atoms with van der Waals surface area (Å²) in [6.07, 6.45) is 12.0. The van der Waals surface area contributed by atoms with Crippen molar-refractivity contribution in [1.82, 2.24) is 10.3 Å². The first-order valence-corrected chi connectivity index (χ1v) is 9.39. The van der Waals surface area contributed by atoms with Gasteiger partial charge in [-0.25, -0.2) is 0 Å². The van der Waals surface area contributed by atoms with Crippen molar-refractivity contribution in [2.45, 2.75) is 63.2 Å². The van der Waals surface area contributed by atoms with Crippen molar-refractivity contribution in [1.29, 1.82) is 0 Å². The second-order valence-corrected chi connectivity index (χ2v) is 7.16. The third kappa shape index (κ3) is 4.32. The van der Waals surface area contributed by atoms with Crippen molar-refractivity contribution in [3.8, 4) is 0 Å². The number of pyridine rings is 1. The molecule has 24 heavy (non-hydrogen) atoms. The fourth-order valence-corrected chi connectivity index (χ4v) is 4.09. The molecular formula is C19H28N2O2S. The molecule has 1 aliphatic carbocycles. The number of carbonyl (C=O) groups is 1. The first-order valence-electron chi connectivity index (χ1n) is 8.98. The molecule has 2 N–H and O–H groups in total. The fraction of sp³-hybridized carbons (Fsp3) is 0.632. The Bertz CT molecular complexity index is 544. The number of hydrogen-bond donors (Lipinski definition) is 2. The van der Waals surface area contributed by atoms with Crippen molar-refractivity contribution < 1.29 is 9.90 Å². The maximum absolute atomic E-state index is 12.2. The van der Waals surface area contributed by atoms with E-state index in [1.165, 1.54) is 38.5 Å². The van der Waals surface area contributed by atoms with E-state index in [4.69, 9.17) is 12.2 Å². The van der Waals surface area contributed by atoms with Crippen LogP contribution in [0.5, 0.6) is 0 Å². The number of thiocarbonyl (C=S) groups is 1. The molecule has 132 valence electrons. The van der Waals surface area contributed by atoms with Crippen LogP contribution < -0.4 is 5.32 Å². The van der Waals surface area contributed by atoms with E-state index in [-0.39, 0.29) is 0 Å². The monoisotopic (exact) mass is 348 g/mol. The molecule has 1 saturated carbocycles. The molecule has 1 heterocycles. The number of unbranched alkanes of at least 4 members (excludes halogenated alkanes) is 1. The van der Waals surface area contributed by atoms with Crippen LogP contribution in [0.1, 0.15) is 63.5 Å². The van der Waals surface area contributed by atoms with Crippen LogP contribution in [0.2, 0.25) is 0 Å². The third-order valence-electron chi connectivity index (χ3n) is 5.22. The van der Waals surface area contributed by atoms with Crippen LogP contribution in [-0.2, 0) is 10.2 Å². The van der Waals surface area contributed by atoms with Gasteiger partial charge < -0.3 is 10.4 Å². The maximum atomic E-state index is 12.2. The summed E-state index contributed by atoms with van der Waals surface area (Å²) in [5.74, 6) is -0.0951. The molecule has 1 unspecified atom stereocenters. The van der Waals surface area contributed by atoms with E-state index < -0.39 is 11.4 Å². The van der Waals surface area contributed by atoms with Crippen LogP contribution in [0.3, 0.4) is 0 Å². The van der Waals surface area contributed by atoms with Crippen LogP contribution >= 0.6 is 12.2 Å². The molecule has 0 aromatic carbocycles. The topological polar surface area (TPSA) is 62.2 Å². The standard InChI is InChI=1S/C19H28N2O2S/c1-20-17(24)19(18(22)23,16-12-6-8-14-21-16)13-7-5-11-15-9-3-2-4-10-15/h6,8,12,14-15H,2-5,7,9-11,13H2,1H3,(H,20,24)(H,22,23). The highest BCUT2D eigenvalue weighted by Gasteiger charge is 2.45. The average Bonchev–Trinajstić information content (AvgIpc) is 2.62. The van der Waals surface area contributed by atoms with E-state index >= 15 is 0 Å². The van der Waals surface area contributed by atoms with Gasteiger partial charge in [-0.15, -0.1) is 0 Å². The number of carboxylic acid groups (broad SMARTS) is 1. The fourth-order valence-electron chi connectivity index (χ4n) is 3.80. The Morgan fingerprint density at radius 3 is 2.67 bits per heavy atom. The molecule has 0 aliphatic heterocycles. The van der Waals surface area contributed by atoms with E-state index in [9.17, 15) is 9.90 Å². The lowest BCUT2D eigenvalue weighted by molar-refractivity contribution is -0.141. The van der Waals surface area contributed by atoms with Crippen molar-refractivity contribution in [2.24, 2.45) is 5.92 Å².